The maximum absolute atomic E-state index is 12.1. The summed E-state index contributed by atoms with van der Waals surface area (Å²) >= 11 is 13.3. The van der Waals surface area contributed by atoms with E-state index in [-0.39, 0.29) is 5.69 Å². The Morgan fingerprint density at radius 1 is 0.963 bits per heavy atom. The summed E-state index contributed by atoms with van der Waals surface area (Å²) < 4.78 is 0. The van der Waals surface area contributed by atoms with Gasteiger partial charge in [0.1, 0.15) is 5.69 Å². The molecule has 27 heavy (non-hydrogen) atoms. The molecule has 1 heterocycles. The van der Waals surface area contributed by atoms with Crippen LogP contribution in [0.4, 0.5) is 5.13 Å². The monoisotopic (exact) mass is 417 g/mol. The molecule has 2 aromatic carbocycles. The van der Waals surface area contributed by atoms with Crippen molar-refractivity contribution in [2.75, 3.05) is 5.43 Å². The molecule has 1 amide bonds. The molecule has 0 unspecified atom stereocenters. The van der Waals surface area contributed by atoms with E-state index >= 15 is 0 Å². The molecule has 3 aromatic rings. The van der Waals surface area contributed by atoms with Gasteiger partial charge in [0.25, 0.3) is 5.91 Å². The van der Waals surface area contributed by atoms with Crippen molar-refractivity contribution < 1.29 is 4.79 Å². The molecule has 0 spiro atoms. The van der Waals surface area contributed by atoms with Gasteiger partial charge in [-0.3, -0.25) is 10.2 Å². The second kappa shape index (κ2) is 9.27. The Labute approximate surface area is 169 Å². The minimum absolute atomic E-state index is 0.228. The maximum atomic E-state index is 12.1. The lowest BCUT2D eigenvalue weighted by Crippen LogP contribution is -2.18. The third-order valence-electron chi connectivity index (χ3n) is 3.28. The highest BCUT2D eigenvalue weighted by Gasteiger charge is 2.09. The number of carbonyl (C=O) groups is 1. The number of hydrogen-bond donors (Lipinski definition) is 2. The molecule has 136 valence electrons. The van der Waals surface area contributed by atoms with Gasteiger partial charge in [0.05, 0.1) is 12.4 Å². The Balaban J connectivity index is 1.56. The summed E-state index contributed by atoms with van der Waals surface area (Å²) in [6.45, 7) is 0. The molecule has 0 atom stereocenters. The lowest BCUT2D eigenvalue weighted by Gasteiger charge is -1.98. The molecule has 0 aliphatic rings. The van der Waals surface area contributed by atoms with Crippen molar-refractivity contribution in [3.05, 3.63) is 80.8 Å². The van der Waals surface area contributed by atoms with Crippen LogP contribution in [0.5, 0.6) is 0 Å². The standard InChI is InChI=1S/C18H13Cl2N5OS/c19-14-7-3-1-5-12(14)9-21-24-17(26)16-11-27-18(23-16)25-22-10-13-6-2-4-8-15(13)20/h1-11H,(H,23,25)(H,24,26)/b21-9-,22-10-. The van der Waals surface area contributed by atoms with Crippen molar-refractivity contribution in [2.45, 2.75) is 0 Å². The second-order valence-corrected chi connectivity index (χ2v) is 6.82. The number of hydrazone groups is 2. The Kier molecular flexibility index (Phi) is 6.54. The molecule has 0 saturated heterocycles. The topological polar surface area (TPSA) is 78.7 Å². The Morgan fingerprint density at radius 2 is 1.56 bits per heavy atom. The molecule has 0 fully saturated rings. The number of benzene rings is 2. The zero-order chi connectivity index (χ0) is 19.1. The van der Waals surface area contributed by atoms with Gasteiger partial charge in [-0.25, -0.2) is 10.4 Å². The zero-order valence-electron chi connectivity index (χ0n) is 13.8. The van der Waals surface area contributed by atoms with Crippen LogP contribution in [0, 0.1) is 0 Å². The second-order valence-electron chi connectivity index (χ2n) is 5.15. The minimum Gasteiger partial charge on any atom is -0.266 e. The van der Waals surface area contributed by atoms with Gasteiger partial charge >= 0.3 is 0 Å². The van der Waals surface area contributed by atoms with E-state index in [9.17, 15) is 4.79 Å². The molecular weight excluding hydrogens is 405 g/mol. The van der Waals surface area contributed by atoms with Crippen molar-refractivity contribution >= 4 is 58.0 Å². The van der Waals surface area contributed by atoms with Gasteiger partial charge in [-0.15, -0.1) is 11.3 Å². The van der Waals surface area contributed by atoms with Crippen LogP contribution >= 0.6 is 34.5 Å². The number of nitrogens with zero attached hydrogens (tertiary/aromatic N) is 3. The van der Waals surface area contributed by atoms with Gasteiger partial charge in [0.2, 0.25) is 5.13 Å². The van der Waals surface area contributed by atoms with E-state index in [1.54, 1.807) is 29.8 Å². The highest BCUT2D eigenvalue weighted by atomic mass is 35.5. The number of halogens is 2. The maximum Gasteiger partial charge on any atom is 0.290 e. The smallest absolute Gasteiger partial charge is 0.266 e. The van der Waals surface area contributed by atoms with Crippen molar-refractivity contribution in [3.63, 3.8) is 0 Å². The highest BCUT2D eigenvalue weighted by Crippen LogP contribution is 2.16. The molecule has 3 rings (SSSR count). The fourth-order valence-electron chi connectivity index (χ4n) is 1.96. The number of amides is 1. The molecule has 0 aliphatic heterocycles. The average molecular weight is 418 g/mol. The molecule has 0 aliphatic carbocycles. The van der Waals surface area contributed by atoms with E-state index in [0.717, 1.165) is 5.56 Å². The first kappa shape index (κ1) is 19.0. The average Bonchev–Trinajstić information content (AvgIpc) is 3.14. The Morgan fingerprint density at radius 3 is 2.19 bits per heavy atom. The van der Waals surface area contributed by atoms with Crippen molar-refractivity contribution in [2.24, 2.45) is 10.2 Å². The Bertz CT molecular complexity index is 1000. The first-order chi connectivity index (χ1) is 13.1. The molecule has 0 bridgehead atoms. The highest BCUT2D eigenvalue weighted by molar-refractivity contribution is 7.13. The van der Waals surface area contributed by atoms with Crippen LogP contribution in [0.1, 0.15) is 21.6 Å². The third-order valence-corrected chi connectivity index (χ3v) is 4.72. The summed E-state index contributed by atoms with van der Waals surface area (Å²) in [5.74, 6) is -0.433. The molecule has 2 N–H and O–H groups in total. The molecule has 6 nitrogen and oxygen atoms in total. The number of anilines is 1. The van der Waals surface area contributed by atoms with E-state index in [0.29, 0.717) is 20.7 Å². The quantitative estimate of drug-likeness (QED) is 0.452. The van der Waals surface area contributed by atoms with Crippen LogP contribution in [0.15, 0.2) is 64.1 Å². The van der Waals surface area contributed by atoms with Crippen molar-refractivity contribution in [3.8, 4) is 0 Å². The molecule has 9 heteroatoms. The number of hydrogen-bond acceptors (Lipinski definition) is 6. The fourth-order valence-corrected chi connectivity index (χ4v) is 2.97. The Hall–Kier alpha value is -2.74. The third kappa shape index (κ3) is 5.37. The van der Waals surface area contributed by atoms with Crippen LogP contribution in [0.25, 0.3) is 0 Å². The van der Waals surface area contributed by atoms with E-state index in [1.165, 1.54) is 17.6 Å². The van der Waals surface area contributed by atoms with Crippen LogP contribution in [-0.2, 0) is 0 Å². The van der Waals surface area contributed by atoms with E-state index in [2.05, 4.69) is 26.0 Å². The molecule has 0 saturated carbocycles. The summed E-state index contributed by atoms with van der Waals surface area (Å²) in [6.07, 6.45) is 3.05. The van der Waals surface area contributed by atoms with Crippen LogP contribution in [-0.4, -0.2) is 23.3 Å². The van der Waals surface area contributed by atoms with Crippen LogP contribution < -0.4 is 10.9 Å². The lowest BCUT2D eigenvalue weighted by atomic mass is 10.2. The zero-order valence-corrected chi connectivity index (χ0v) is 16.1. The number of nitrogens with one attached hydrogen (secondary N) is 2. The van der Waals surface area contributed by atoms with Crippen molar-refractivity contribution in [1.29, 1.82) is 0 Å². The molecule has 1 aromatic heterocycles. The van der Waals surface area contributed by atoms with Gasteiger partial charge in [-0.2, -0.15) is 10.2 Å². The van der Waals surface area contributed by atoms with Gasteiger partial charge in [0.15, 0.2) is 0 Å². The summed E-state index contributed by atoms with van der Waals surface area (Å²) in [5, 5.41) is 11.2. The number of thiazole rings is 1. The SMILES string of the molecule is O=C(N/N=C\c1ccccc1Cl)c1csc(N/N=C\c2ccccc2Cl)n1. The van der Waals surface area contributed by atoms with Gasteiger partial charge in [-0.05, 0) is 12.1 Å². The molecular formula is C18H13Cl2N5OS. The molecule has 0 radical (unpaired) electrons. The fraction of sp³-hybridized carbons (Fsp3) is 0. The predicted octanol–water partition coefficient (Wildman–Crippen LogP) is 4.66. The van der Waals surface area contributed by atoms with E-state index in [1.807, 2.05) is 30.3 Å². The van der Waals surface area contributed by atoms with Gasteiger partial charge in [0, 0.05) is 26.6 Å². The van der Waals surface area contributed by atoms with E-state index in [4.69, 9.17) is 23.2 Å². The summed E-state index contributed by atoms with van der Waals surface area (Å²) in [6, 6.07) is 14.5. The summed E-state index contributed by atoms with van der Waals surface area (Å²) in [4.78, 5) is 16.2. The largest absolute Gasteiger partial charge is 0.290 e. The minimum atomic E-state index is -0.433. The predicted molar refractivity (Wildman–Crippen MR) is 111 cm³/mol. The van der Waals surface area contributed by atoms with Crippen molar-refractivity contribution in [1.82, 2.24) is 10.4 Å². The lowest BCUT2D eigenvalue weighted by molar-refractivity contribution is 0.0951. The van der Waals surface area contributed by atoms with Crippen LogP contribution in [0.2, 0.25) is 10.0 Å². The summed E-state index contributed by atoms with van der Waals surface area (Å²) in [7, 11) is 0. The van der Waals surface area contributed by atoms with Crippen LogP contribution in [0.3, 0.4) is 0 Å². The first-order valence-corrected chi connectivity index (χ1v) is 9.34. The summed E-state index contributed by atoms with van der Waals surface area (Å²) in [5.41, 5.74) is 6.88. The van der Waals surface area contributed by atoms with Gasteiger partial charge < -0.3 is 0 Å². The number of aromatic nitrogens is 1. The normalized spacial score (nSPS) is 11.2. The van der Waals surface area contributed by atoms with Gasteiger partial charge in [-0.1, -0.05) is 59.6 Å². The number of carbonyl (C=O) groups excluding carboxylic acids is 1. The van der Waals surface area contributed by atoms with E-state index < -0.39 is 5.91 Å². The number of rotatable bonds is 6. The first-order valence-electron chi connectivity index (χ1n) is 7.70.